The number of ether oxygens (including phenoxy) is 1. The maximum absolute atomic E-state index is 5.78. The molecule has 15 heavy (non-hydrogen) atoms. The van der Waals surface area contributed by atoms with Gasteiger partial charge in [0.05, 0.1) is 6.61 Å². The van der Waals surface area contributed by atoms with Crippen LogP contribution in [0.5, 0.6) is 0 Å². The zero-order valence-electron chi connectivity index (χ0n) is 8.14. The van der Waals surface area contributed by atoms with Crippen LogP contribution < -0.4 is 5.32 Å². The highest BCUT2D eigenvalue weighted by molar-refractivity contribution is 6.28. The van der Waals surface area contributed by atoms with Crippen LogP contribution in [0.15, 0.2) is 12.1 Å². The summed E-state index contributed by atoms with van der Waals surface area (Å²) in [5.74, 6) is 0.709. The molecule has 80 valence electrons. The van der Waals surface area contributed by atoms with Gasteiger partial charge in [0.2, 0.25) is 5.28 Å². The van der Waals surface area contributed by atoms with Crippen molar-refractivity contribution in [3.8, 4) is 0 Å². The Morgan fingerprint density at radius 2 is 2.33 bits per heavy atom. The molecule has 0 unspecified atom stereocenters. The summed E-state index contributed by atoms with van der Waals surface area (Å²) in [6, 6.07) is 3.61. The summed E-state index contributed by atoms with van der Waals surface area (Å²) in [4.78, 5) is 0. The minimum absolute atomic E-state index is 0.250. The van der Waals surface area contributed by atoms with Crippen LogP contribution in [-0.2, 0) is 4.74 Å². The van der Waals surface area contributed by atoms with Gasteiger partial charge in [-0.25, -0.2) is 0 Å². The second kappa shape index (κ2) is 4.41. The van der Waals surface area contributed by atoms with Crippen molar-refractivity contribution in [2.75, 3.05) is 25.6 Å². The molecule has 0 saturated heterocycles. The molecular formula is C8H10ClN5O. The molecule has 7 heteroatoms. The van der Waals surface area contributed by atoms with E-state index < -0.39 is 0 Å². The first kappa shape index (κ1) is 10.1. The molecule has 0 fully saturated rings. The van der Waals surface area contributed by atoms with Crippen LogP contribution in [0.25, 0.3) is 5.65 Å². The van der Waals surface area contributed by atoms with Crippen molar-refractivity contribution in [3.63, 3.8) is 0 Å². The van der Waals surface area contributed by atoms with E-state index in [4.69, 9.17) is 16.3 Å². The van der Waals surface area contributed by atoms with E-state index in [9.17, 15) is 0 Å². The predicted molar refractivity (Wildman–Crippen MR) is 56.2 cm³/mol. The van der Waals surface area contributed by atoms with Gasteiger partial charge in [-0.05, 0) is 23.7 Å². The molecule has 2 rings (SSSR count). The number of methoxy groups -OCH3 is 1. The summed E-state index contributed by atoms with van der Waals surface area (Å²) in [6.07, 6.45) is 0. The van der Waals surface area contributed by atoms with Crippen molar-refractivity contribution in [2.45, 2.75) is 0 Å². The lowest BCUT2D eigenvalue weighted by molar-refractivity contribution is 0.210. The van der Waals surface area contributed by atoms with Crippen LogP contribution in [0.2, 0.25) is 5.28 Å². The average Bonchev–Trinajstić information content (AvgIpc) is 2.61. The van der Waals surface area contributed by atoms with Crippen LogP contribution in [0, 0.1) is 0 Å². The first-order valence-corrected chi connectivity index (χ1v) is 4.80. The number of hydrogen-bond acceptors (Lipinski definition) is 5. The highest BCUT2D eigenvalue weighted by atomic mass is 35.5. The molecule has 0 saturated carbocycles. The van der Waals surface area contributed by atoms with E-state index in [0.717, 1.165) is 0 Å². The smallest absolute Gasteiger partial charge is 0.246 e. The minimum atomic E-state index is 0.250. The van der Waals surface area contributed by atoms with E-state index in [0.29, 0.717) is 24.6 Å². The van der Waals surface area contributed by atoms with Gasteiger partial charge in [-0.2, -0.15) is 4.52 Å². The van der Waals surface area contributed by atoms with E-state index in [-0.39, 0.29) is 5.28 Å². The summed E-state index contributed by atoms with van der Waals surface area (Å²) in [5, 5.41) is 15.1. The molecule has 0 radical (unpaired) electrons. The van der Waals surface area contributed by atoms with Crippen molar-refractivity contribution in [3.05, 3.63) is 17.4 Å². The highest BCUT2D eigenvalue weighted by Gasteiger charge is 2.03. The summed E-state index contributed by atoms with van der Waals surface area (Å²) in [6.45, 7) is 1.31. The molecule has 0 amide bonds. The van der Waals surface area contributed by atoms with Gasteiger partial charge in [-0.1, -0.05) is 0 Å². The fourth-order valence-electron chi connectivity index (χ4n) is 1.14. The van der Waals surface area contributed by atoms with Gasteiger partial charge in [0.25, 0.3) is 0 Å². The Morgan fingerprint density at radius 3 is 3.13 bits per heavy atom. The van der Waals surface area contributed by atoms with Crippen molar-refractivity contribution in [2.24, 2.45) is 0 Å². The Labute approximate surface area is 91.2 Å². The van der Waals surface area contributed by atoms with E-state index in [1.165, 1.54) is 4.52 Å². The van der Waals surface area contributed by atoms with Gasteiger partial charge in [-0.15, -0.1) is 15.3 Å². The fourth-order valence-corrected chi connectivity index (χ4v) is 1.30. The number of hydrogen-bond donors (Lipinski definition) is 1. The zero-order valence-corrected chi connectivity index (χ0v) is 8.90. The first-order chi connectivity index (χ1) is 7.31. The van der Waals surface area contributed by atoms with Gasteiger partial charge in [-0.3, -0.25) is 0 Å². The molecule has 0 aliphatic rings. The number of fused-ring (bicyclic) bond motifs is 1. The average molecular weight is 228 g/mol. The van der Waals surface area contributed by atoms with Gasteiger partial charge in [0.15, 0.2) is 5.65 Å². The largest absolute Gasteiger partial charge is 0.383 e. The summed E-state index contributed by atoms with van der Waals surface area (Å²) >= 11 is 5.78. The topological polar surface area (TPSA) is 64.3 Å². The maximum atomic E-state index is 5.78. The Hall–Kier alpha value is -1.40. The van der Waals surface area contributed by atoms with Crippen molar-refractivity contribution < 1.29 is 4.74 Å². The zero-order chi connectivity index (χ0) is 10.7. The van der Waals surface area contributed by atoms with Crippen molar-refractivity contribution in [1.82, 2.24) is 19.8 Å². The van der Waals surface area contributed by atoms with Crippen LogP contribution in [0.3, 0.4) is 0 Å². The molecule has 1 N–H and O–H groups in total. The van der Waals surface area contributed by atoms with Gasteiger partial charge in [0.1, 0.15) is 5.82 Å². The quantitative estimate of drug-likeness (QED) is 0.784. The summed E-state index contributed by atoms with van der Waals surface area (Å²) < 4.78 is 6.38. The van der Waals surface area contributed by atoms with Crippen molar-refractivity contribution >= 4 is 23.1 Å². The molecule has 0 bridgehead atoms. The molecule has 0 aliphatic carbocycles. The second-order valence-electron chi connectivity index (χ2n) is 2.88. The van der Waals surface area contributed by atoms with Gasteiger partial charge in [0, 0.05) is 13.7 Å². The third kappa shape index (κ3) is 2.16. The number of nitrogens with zero attached hydrogens (tertiary/aromatic N) is 4. The third-order valence-electron chi connectivity index (χ3n) is 1.84. The molecule has 0 aromatic carbocycles. The molecule has 6 nitrogen and oxygen atoms in total. The molecule has 2 aromatic rings. The van der Waals surface area contributed by atoms with E-state index in [1.807, 2.05) is 6.07 Å². The van der Waals surface area contributed by atoms with Crippen molar-refractivity contribution in [1.29, 1.82) is 0 Å². The summed E-state index contributed by atoms with van der Waals surface area (Å²) in [5.41, 5.74) is 0.622. The number of anilines is 1. The lowest BCUT2D eigenvalue weighted by Gasteiger charge is -2.04. The van der Waals surface area contributed by atoms with E-state index in [1.54, 1.807) is 13.2 Å². The molecule has 0 aliphatic heterocycles. The van der Waals surface area contributed by atoms with Gasteiger partial charge >= 0.3 is 0 Å². The summed E-state index contributed by atoms with van der Waals surface area (Å²) in [7, 11) is 1.65. The van der Waals surface area contributed by atoms with Crippen LogP contribution in [-0.4, -0.2) is 40.1 Å². The SMILES string of the molecule is COCCNc1ccc2nnc(Cl)n2n1. The number of aromatic nitrogens is 4. The first-order valence-electron chi connectivity index (χ1n) is 4.42. The Balaban J connectivity index is 2.18. The van der Waals surface area contributed by atoms with Crippen LogP contribution in [0.1, 0.15) is 0 Å². The Bertz CT molecular complexity index is 457. The normalized spacial score (nSPS) is 10.8. The fraction of sp³-hybridized carbons (Fsp3) is 0.375. The lowest BCUT2D eigenvalue weighted by atomic mass is 10.5. The van der Waals surface area contributed by atoms with Crippen LogP contribution in [0.4, 0.5) is 5.82 Å². The molecule has 0 atom stereocenters. The second-order valence-corrected chi connectivity index (χ2v) is 3.22. The molecule has 2 heterocycles. The number of nitrogens with one attached hydrogen (secondary N) is 1. The number of rotatable bonds is 4. The number of halogens is 1. The Morgan fingerprint density at radius 1 is 1.47 bits per heavy atom. The van der Waals surface area contributed by atoms with Crippen LogP contribution >= 0.6 is 11.6 Å². The maximum Gasteiger partial charge on any atom is 0.246 e. The van der Waals surface area contributed by atoms with E-state index >= 15 is 0 Å². The van der Waals surface area contributed by atoms with E-state index in [2.05, 4.69) is 20.6 Å². The monoisotopic (exact) mass is 227 g/mol. The lowest BCUT2D eigenvalue weighted by Crippen LogP contribution is -2.10. The Kier molecular flexibility index (Phi) is 2.98. The molecule has 2 aromatic heterocycles. The predicted octanol–water partition coefficient (Wildman–Crippen LogP) is 0.836. The molecular weight excluding hydrogens is 218 g/mol. The van der Waals surface area contributed by atoms with Gasteiger partial charge < -0.3 is 10.1 Å². The molecule has 0 spiro atoms. The highest BCUT2D eigenvalue weighted by Crippen LogP contribution is 2.09. The minimum Gasteiger partial charge on any atom is -0.383 e. The third-order valence-corrected chi connectivity index (χ3v) is 2.07. The standard InChI is InChI=1S/C8H10ClN5O/c1-15-5-4-10-6-2-3-7-11-12-8(9)14(7)13-6/h2-3H,4-5H2,1H3,(H,10,13).